The van der Waals surface area contributed by atoms with Crippen molar-refractivity contribution in [3.05, 3.63) is 42.4 Å². The standard InChI is InChI=1S/C13H13N3O/c17-11-4-2-1-3-10(11)13-12(9-7-14-8-9)15-5-6-16-13/h1-6,9,14,17H,7-8H2. The van der Waals surface area contributed by atoms with Crippen LogP contribution in [0, 0.1) is 0 Å². The number of nitrogens with zero attached hydrogens (tertiary/aromatic N) is 2. The van der Waals surface area contributed by atoms with E-state index < -0.39 is 0 Å². The van der Waals surface area contributed by atoms with Gasteiger partial charge in [-0.1, -0.05) is 12.1 Å². The highest BCUT2D eigenvalue weighted by Gasteiger charge is 2.24. The van der Waals surface area contributed by atoms with Crippen LogP contribution in [0.4, 0.5) is 0 Å². The maximum Gasteiger partial charge on any atom is 0.125 e. The lowest BCUT2D eigenvalue weighted by molar-refractivity contribution is 0.439. The fraction of sp³-hybridized carbons (Fsp3) is 0.231. The molecule has 0 atom stereocenters. The topological polar surface area (TPSA) is 58.0 Å². The molecule has 2 heterocycles. The molecular weight excluding hydrogens is 214 g/mol. The highest BCUT2D eigenvalue weighted by Crippen LogP contribution is 2.32. The predicted molar refractivity (Wildman–Crippen MR) is 64.7 cm³/mol. The highest BCUT2D eigenvalue weighted by atomic mass is 16.3. The smallest absolute Gasteiger partial charge is 0.125 e. The molecule has 1 aliphatic heterocycles. The molecule has 1 aromatic heterocycles. The Labute approximate surface area is 99.4 Å². The minimum atomic E-state index is 0.251. The Bertz CT molecular complexity index is 538. The van der Waals surface area contributed by atoms with Crippen molar-refractivity contribution in [2.24, 2.45) is 0 Å². The molecule has 2 N–H and O–H groups in total. The molecule has 4 heteroatoms. The van der Waals surface area contributed by atoms with E-state index in [4.69, 9.17) is 0 Å². The van der Waals surface area contributed by atoms with Gasteiger partial charge >= 0.3 is 0 Å². The summed E-state index contributed by atoms with van der Waals surface area (Å²) in [7, 11) is 0. The van der Waals surface area contributed by atoms with E-state index >= 15 is 0 Å². The summed E-state index contributed by atoms with van der Waals surface area (Å²) in [4.78, 5) is 8.77. The molecule has 1 aromatic carbocycles. The second-order valence-electron chi connectivity index (χ2n) is 4.16. The van der Waals surface area contributed by atoms with Crippen LogP contribution in [0.3, 0.4) is 0 Å². The van der Waals surface area contributed by atoms with Gasteiger partial charge in [-0.25, -0.2) is 0 Å². The molecular formula is C13H13N3O. The van der Waals surface area contributed by atoms with E-state index in [0.29, 0.717) is 5.92 Å². The first-order chi connectivity index (χ1) is 8.36. The van der Waals surface area contributed by atoms with Crippen LogP contribution in [0.15, 0.2) is 36.7 Å². The zero-order valence-electron chi connectivity index (χ0n) is 9.30. The summed E-state index contributed by atoms with van der Waals surface area (Å²) in [5, 5.41) is 13.1. The summed E-state index contributed by atoms with van der Waals surface area (Å²) in [6.07, 6.45) is 3.37. The van der Waals surface area contributed by atoms with Crippen molar-refractivity contribution in [2.45, 2.75) is 5.92 Å². The molecule has 4 nitrogen and oxygen atoms in total. The zero-order valence-corrected chi connectivity index (χ0v) is 9.30. The van der Waals surface area contributed by atoms with Gasteiger partial charge in [0.05, 0.1) is 11.4 Å². The fourth-order valence-electron chi connectivity index (χ4n) is 2.01. The number of phenolic OH excluding ortho intramolecular Hbond substituents is 1. The molecule has 1 aliphatic rings. The molecule has 17 heavy (non-hydrogen) atoms. The molecule has 0 amide bonds. The lowest BCUT2D eigenvalue weighted by atomic mass is 9.94. The minimum Gasteiger partial charge on any atom is -0.507 e. The van der Waals surface area contributed by atoms with Crippen molar-refractivity contribution in [1.82, 2.24) is 15.3 Å². The number of rotatable bonds is 2. The van der Waals surface area contributed by atoms with Crippen molar-refractivity contribution < 1.29 is 5.11 Å². The highest BCUT2D eigenvalue weighted by molar-refractivity contribution is 5.68. The van der Waals surface area contributed by atoms with Crippen LogP contribution in [0.25, 0.3) is 11.3 Å². The van der Waals surface area contributed by atoms with E-state index in [1.807, 2.05) is 12.1 Å². The van der Waals surface area contributed by atoms with Crippen LogP contribution in [0.2, 0.25) is 0 Å². The molecule has 0 spiro atoms. The van der Waals surface area contributed by atoms with Gasteiger partial charge in [0.15, 0.2) is 0 Å². The molecule has 2 aromatic rings. The number of hydrogen-bond acceptors (Lipinski definition) is 4. The van der Waals surface area contributed by atoms with Crippen LogP contribution < -0.4 is 5.32 Å². The number of aromatic nitrogens is 2. The van der Waals surface area contributed by atoms with Crippen LogP contribution in [-0.2, 0) is 0 Å². The lowest BCUT2D eigenvalue weighted by Crippen LogP contribution is -2.40. The predicted octanol–water partition coefficient (Wildman–Crippen LogP) is 1.54. The summed E-state index contributed by atoms with van der Waals surface area (Å²) in [5.74, 6) is 0.653. The maximum atomic E-state index is 9.88. The molecule has 86 valence electrons. The Balaban J connectivity index is 2.11. The first-order valence-corrected chi connectivity index (χ1v) is 5.66. The fourth-order valence-corrected chi connectivity index (χ4v) is 2.01. The van der Waals surface area contributed by atoms with E-state index in [2.05, 4.69) is 15.3 Å². The number of benzene rings is 1. The summed E-state index contributed by atoms with van der Waals surface area (Å²) in [6, 6.07) is 7.24. The molecule has 0 radical (unpaired) electrons. The van der Waals surface area contributed by atoms with Crippen LogP contribution >= 0.6 is 0 Å². The van der Waals surface area contributed by atoms with E-state index in [0.717, 1.165) is 30.0 Å². The lowest BCUT2D eigenvalue weighted by Gasteiger charge is -2.27. The SMILES string of the molecule is Oc1ccccc1-c1nccnc1C1CNC1. The Morgan fingerprint density at radius 2 is 1.88 bits per heavy atom. The van der Waals surface area contributed by atoms with E-state index in [9.17, 15) is 5.11 Å². The molecule has 0 unspecified atom stereocenters. The minimum absolute atomic E-state index is 0.251. The van der Waals surface area contributed by atoms with Crippen molar-refractivity contribution in [3.8, 4) is 17.0 Å². The third kappa shape index (κ3) is 1.76. The second-order valence-corrected chi connectivity index (χ2v) is 4.16. The molecule has 1 saturated heterocycles. The van der Waals surface area contributed by atoms with E-state index in [1.54, 1.807) is 24.5 Å². The van der Waals surface area contributed by atoms with Crippen LogP contribution in [0.5, 0.6) is 5.75 Å². The van der Waals surface area contributed by atoms with Gasteiger partial charge in [0.1, 0.15) is 5.75 Å². The average Bonchev–Trinajstić information content (AvgIpc) is 2.29. The van der Waals surface area contributed by atoms with Gasteiger partial charge < -0.3 is 10.4 Å². The van der Waals surface area contributed by atoms with Crippen LogP contribution in [-0.4, -0.2) is 28.2 Å². The molecule has 0 saturated carbocycles. The number of hydrogen-bond donors (Lipinski definition) is 2. The Morgan fingerprint density at radius 3 is 2.59 bits per heavy atom. The largest absolute Gasteiger partial charge is 0.507 e. The van der Waals surface area contributed by atoms with Gasteiger partial charge in [-0.2, -0.15) is 0 Å². The third-order valence-corrected chi connectivity index (χ3v) is 3.05. The molecule has 0 aliphatic carbocycles. The Kier molecular flexibility index (Phi) is 2.49. The van der Waals surface area contributed by atoms with Crippen molar-refractivity contribution in [2.75, 3.05) is 13.1 Å². The van der Waals surface area contributed by atoms with Crippen LogP contribution in [0.1, 0.15) is 11.6 Å². The maximum absolute atomic E-state index is 9.88. The number of aromatic hydroxyl groups is 1. The van der Waals surface area contributed by atoms with Crippen molar-refractivity contribution in [3.63, 3.8) is 0 Å². The summed E-state index contributed by atoms with van der Waals surface area (Å²) in [6.45, 7) is 1.86. The quantitative estimate of drug-likeness (QED) is 0.817. The van der Waals surface area contributed by atoms with E-state index in [-0.39, 0.29) is 5.75 Å². The first kappa shape index (κ1) is 10.2. The first-order valence-electron chi connectivity index (χ1n) is 5.66. The summed E-state index contributed by atoms with van der Waals surface area (Å²) < 4.78 is 0. The zero-order chi connectivity index (χ0) is 11.7. The average molecular weight is 227 g/mol. The summed E-state index contributed by atoms with van der Waals surface area (Å²) >= 11 is 0. The van der Waals surface area contributed by atoms with Gasteiger partial charge in [0.2, 0.25) is 0 Å². The van der Waals surface area contributed by atoms with E-state index in [1.165, 1.54) is 0 Å². The molecule has 3 rings (SSSR count). The second kappa shape index (κ2) is 4.14. The molecule has 0 bridgehead atoms. The van der Waals surface area contributed by atoms with Gasteiger partial charge in [0, 0.05) is 37.0 Å². The van der Waals surface area contributed by atoms with Crippen molar-refractivity contribution in [1.29, 1.82) is 0 Å². The molecule has 1 fully saturated rings. The van der Waals surface area contributed by atoms with Gasteiger partial charge in [-0.05, 0) is 12.1 Å². The van der Waals surface area contributed by atoms with Crippen molar-refractivity contribution >= 4 is 0 Å². The van der Waals surface area contributed by atoms with Gasteiger partial charge in [-0.3, -0.25) is 9.97 Å². The summed E-state index contributed by atoms with van der Waals surface area (Å²) in [5.41, 5.74) is 2.51. The number of para-hydroxylation sites is 1. The Morgan fingerprint density at radius 1 is 1.12 bits per heavy atom. The third-order valence-electron chi connectivity index (χ3n) is 3.05. The number of nitrogens with one attached hydrogen (secondary N) is 1. The number of phenols is 1. The van der Waals surface area contributed by atoms with Gasteiger partial charge in [0.25, 0.3) is 0 Å². The van der Waals surface area contributed by atoms with Gasteiger partial charge in [-0.15, -0.1) is 0 Å². The Hall–Kier alpha value is -1.94. The normalized spacial score (nSPS) is 15.5. The monoisotopic (exact) mass is 227 g/mol.